The van der Waals surface area contributed by atoms with Crippen LogP contribution in [0.5, 0.6) is 0 Å². The molecular formula is C12H17NO4S. The van der Waals surface area contributed by atoms with Gasteiger partial charge in [0.2, 0.25) is 10.0 Å². The standard InChI is InChI=1S/C12H17NO4S/c1-9(17-10(2)14)11-5-7-12(8-6-11)13(3)18(4,15)16/h5-9H,1-4H3. The van der Waals surface area contributed by atoms with Crippen LogP contribution >= 0.6 is 0 Å². The molecule has 18 heavy (non-hydrogen) atoms. The second-order valence-electron chi connectivity index (χ2n) is 4.07. The van der Waals surface area contributed by atoms with Gasteiger partial charge in [-0.1, -0.05) is 12.1 Å². The summed E-state index contributed by atoms with van der Waals surface area (Å²) in [5, 5.41) is 0. The molecule has 6 heteroatoms. The summed E-state index contributed by atoms with van der Waals surface area (Å²) >= 11 is 0. The minimum atomic E-state index is -3.26. The Bertz CT molecular complexity index is 522. The van der Waals surface area contributed by atoms with Gasteiger partial charge in [-0.05, 0) is 24.6 Å². The van der Waals surface area contributed by atoms with Crippen LogP contribution in [0.2, 0.25) is 0 Å². The smallest absolute Gasteiger partial charge is 0.303 e. The molecule has 0 aliphatic heterocycles. The van der Waals surface area contributed by atoms with Gasteiger partial charge in [-0.25, -0.2) is 8.42 Å². The highest BCUT2D eigenvalue weighted by atomic mass is 32.2. The van der Waals surface area contributed by atoms with Crippen molar-refractivity contribution in [2.75, 3.05) is 17.6 Å². The molecule has 100 valence electrons. The average Bonchev–Trinajstić information content (AvgIpc) is 2.26. The highest BCUT2D eigenvalue weighted by Crippen LogP contribution is 2.21. The molecule has 1 aromatic rings. The van der Waals surface area contributed by atoms with E-state index >= 15 is 0 Å². The molecule has 1 aromatic carbocycles. The van der Waals surface area contributed by atoms with Gasteiger partial charge in [0.05, 0.1) is 11.9 Å². The van der Waals surface area contributed by atoms with Crippen molar-refractivity contribution in [3.8, 4) is 0 Å². The molecule has 0 spiro atoms. The summed E-state index contributed by atoms with van der Waals surface area (Å²) in [7, 11) is -1.77. The number of sulfonamides is 1. The molecule has 0 amide bonds. The topological polar surface area (TPSA) is 63.7 Å². The Morgan fingerprint density at radius 3 is 2.17 bits per heavy atom. The monoisotopic (exact) mass is 271 g/mol. The maximum absolute atomic E-state index is 11.4. The van der Waals surface area contributed by atoms with E-state index in [-0.39, 0.29) is 12.1 Å². The number of esters is 1. The minimum absolute atomic E-state index is 0.347. The fourth-order valence-electron chi connectivity index (χ4n) is 1.46. The number of carbonyl (C=O) groups is 1. The minimum Gasteiger partial charge on any atom is -0.458 e. The Balaban J connectivity index is 2.90. The first-order valence-electron chi connectivity index (χ1n) is 5.43. The van der Waals surface area contributed by atoms with Crippen LogP contribution in [-0.2, 0) is 19.6 Å². The van der Waals surface area contributed by atoms with Gasteiger partial charge in [0.1, 0.15) is 6.10 Å². The van der Waals surface area contributed by atoms with Gasteiger partial charge in [0.25, 0.3) is 0 Å². The van der Waals surface area contributed by atoms with E-state index in [4.69, 9.17) is 4.74 Å². The largest absolute Gasteiger partial charge is 0.458 e. The third-order valence-corrected chi connectivity index (χ3v) is 3.77. The molecule has 1 rings (SSSR count). The van der Waals surface area contributed by atoms with Crippen LogP contribution in [0.15, 0.2) is 24.3 Å². The Kier molecular flexibility index (Phi) is 4.34. The molecule has 5 nitrogen and oxygen atoms in total. The van der Waals surface area contributed by atoms with Gasteiger partial charge in [-0.15, -0.1) is 0 Å². The number of carbonyl (C=O) groups excluding carboxylic acids is 1. The first kappa shape index (κ1) is 14.5. The molecule has 0 radical (unpaired) electrons. The second kappa shape index (κ2) is 5.39. The number of rotatable bonds is 4. The molecule has 0 N–H and O–H groups in total. The Labute approximate surface area is 107 Å². The van der Waals surface area contributed by atoms with Crippen molar-refractivity contribution in [1.82, 2.24) is 0 Å². The quantitative estimate of drug-likeness (QED) is 0.782. The summed E-state index contributed by atoms with van der Waals surface area (Å²) in [4.78, 5) is 10.8. The summed E-state index contributed by atoms with van der Waals surface area (Å²) in [6, 6.07) is 6.84. The summed E-state index contributed by atoms with van der Waals surface area (Å²) in [5.74, 6) is -0.347. The normalized spacial score (nSPS) is 12.9. The summed E-state index contributed by atoms with van der Waals surface area (Å²) in [5.41, 5.74) is 1.38. The molecular weight excluding hydrogens is 254 g/mol. The molecule has 1 unspecified atom stereocenters. The molecule has 1 atom stereocenters. The number of benzene rings is 1. The van der Waals surface area contributed by atoms with Gasteiger partial charge >= 0.3 is 5.97 Å². The number of anilines is 1. The third-order valence-electron chi connectivity index (χ3n) is 2.57. The maximum Gasteiger partial charge on any atom is 0.303 e. The van der Waals surface area contributed by atoms with Crippen molar-refractivity contribution >= 4 is 21.7 Å². The Morgan fingerprint density at radius 2 is 1.78 bits per heavy atom. The molecule has 0 aliphatic rings. The van der Waals surface area contributed by atoms with Gasteiger partial charge in [-0.3, -0.25) is 9.10 Å². The van der Waals surface area contributed by atoms with Gasteiger partial charge in [0, 0.05) is 14.0 Å². The van der Waals surface area contributed by atoms with E-state index in [0.717, 1.165) is 11.8 Å². The van der Waals surface area contributed by atoms with E-state index in [1.54, 1.807) is 31.2 Å². The SMILES string of the molecule is CC(=O)OC(C)c1ccc(N(C)S(C)(=O)=O)cc1. The van der Waals surface area contributed by atoms with E-state index < -0.39 is 10.0 Å². The van der Waals surface area contributed by atoms with E-state index in [1.165, 1.54) is 18.3 Å². The van der Waals surface area contributed by atoms with Crippen molar-refractivity contribution < 1.29 is 17.9 Å². The molecule has 0 fully saturated rings. The number of hydrogen-bond acceptors (Lipinski definition) is 4. The zero-order valence-electron chi connectivity index (χ0n) is 10.9. The molecule has 0 aromatic heterocycles. The number of ether oxygens (including phenoxy) is 1. The predicted octanol–water partition coefficient (Wildman–Crippen LogP) is 1.71. The first-order valence-corrected chi connectivity index (χ1v) is 7.27. The lowest BCUT2D eigenvalue weighted by Crippen LogP contribution is -2.24. The fourth-order valence-corrected chi connectivity index (χ4v) is 1.97. The molecule has 0 saturated carbocycles. The summed E-state index contributed by atoms with van der Waals surface area (Å²) in [6.07, 6.45) is 0.794. The summed E-state index contributed by atoms with van der Waals surface area (Å²) in [6.45, 7) is 3.11. The van der Waals surface area contributed by atoms with Crippen LogP contribution in [0.3, 0.4) is 0 Å². The van der Waals surface area contributed by atoms with E-state index in [9.17, 15) is 13.2 Å². The van der Waals surface area contributed by atoms with Crippen LogP contribution in [0.4, 0.5) is 5.69 Å². The van der Waals surface area contributed by atoms with Crippen molar-refractivity contribution in [3.05, 3.63) is 29.8 Å². The van der Waals surface area contributed by atoms with Crippen LogP contribution in [-0.4, -0.2) is 27.7 Å². The second-order valence-corrected chi connectivity index (χ2v) is 6.09. The fraction of sp³-hybridized carbons (Fsp3) is 0.417. The van der Waals surface area contributed by atoms with Gasteiger partial charge in [-0.2, -0.15) is 0 Å². The summed E-state index contributed by atoms with van der Waals surface area (Å²) < 4.78 is 28.9. The average molecular weight is 271 g/mol. The highest BCUT2D eigenvalue weighted by molar-refractivity contribution is 7.92. The highest BCUT2D eigenvalue weighted by Gasteiger charge is 2.13. The molecule has 0 bridgehead atoms. The van der Waals surface area contributed by atoms with Crippen molar-refractivity contribution in [2.45, 2.75) is 20.0 Å². The van der Waals surface area contributed by atoms with E-state index in [0.29, 0.717) is 5.69 Å². The molecule has 0 heterocycles. The van der Waals surface area contributed by atoms with Crippen LogP contribution < -0.4 is 4.31 Å². The van der Waals surface area contributed by atoms with Crippen LogP contribution in [0, 0.1) is 0 Å². The third kappa shape index (κ3) is 3.73. The van der Waals surface area contributed by atoms with Crippen LogP contribution in [0.25, 0.3) is 0 Å². The van der Waals surface area contributed by atoms with Crippen molar-refractivity contribution in [1.29, 1.82) is 0 Å². The Morgan fingerprint density at radius 1 is 1.28 bits per heavy atom. The maximum atomic E-state index is 11.4. The molecule has 0 aliphatic carbocycles. The number of nitrogens with zero attached hydrogens (tertiary/aromatic N) is 1. The lowest BCUT2D eigenvalue weighted by molar-refractivity contribution is -0.145. The van der Waals surface area contributed by atoms with Crippen molar-refractivity contribution in [2.24, 2.45) is 0 Å². The van der Waals surface area contributed by atoms with Gasteiger partial charge < -0.3 is 4.74 Å². The zero-order valence-corrected chi connectivity index (χ0v) is 11.7. The van der Waals surface area contributed by atoms with Crippen LogP contribution in [0.1, 0.15) is 25.5 Å². The van der Waals surface area contributed by atoms with Gasteiger partial charge in [0.15, 0.2) is 0 Å². The van der Waals surface area contributed by atoms with E-state index in [1.807, 2.05) is 0 Å². The lowest BCUT2D eigenvalue weighted by Gasteiger charge is -2.18. The lowest BCUT2D eigenvalue weighted by atomic mass is 10.1. The zero-order chi connectivity index (χ0) is 13.9. The predicted molar refractivity (Wildman–Crippen MR) is 69.9 cm³/mol. The molecule has 0 saturated heterocycles. The number of hydrogen-bond donors (Lipinski definition) is 0. The van der Waals surface area contributed by atoms with Crippen molar-refractivity contribution in [3.63, 3.8) is 0 Å². The first-order chi connectivity index (χ1) is 8.21. The Hall–Kier alpha value is -1.56. The van der Waals surface area contributed by atoms with E-state index in [2.05, 4.69) is 0 Å².